The van der Waals surface area contributed by atoms with Crippen molar-refractivity contribution in [3.8, 4) is 5.75 Å². The third-order valence-corrected chi connectivity index (χ3v) is 2.48. The van der Waals surface area contributed by atoms with E-state index in [-0.39, 0.29) is 22.8 Å². The Balaban J connectivity index is 0. The number of hydrogen-bond acceptors (Lipinski definition) is 3. The zero-order valence-electron chi connectivity index (χ0n) is 13.4. The van der Waals surface area contributed by atoms with Gasteiger partial charge in [-0.15, -0.1) is 0 Å². The number of aromatic hydroxyl groups is 1. The van der Waals surface area contributed by atoms with Crippen LogP contribution in [0.15, 0.2) is 12.1 Å². The molecule has 0 amide bonds. The first-order chi connectivity index (χ1) is 8.79. The average molecular weight is 267 g/mol. The summed E-state index contributed by atoms with van der Waals surface area (Å²) in [5.74, 6) is 0.589. The lowest BCUT2D eigenvalue weighted by Gasteiger charge is -2.04. The van der Waals surface area contributed by atoms with Gasteiger partial charge in [-0.25, -0.2) is 0 Å². The van der Waals surface area contributed by atoms with Crippen molar-refractivity contribution in [2.45, 2.75) is 54.9 Å². The van der Waals surface area contributed by atoms with Crippen molar-refractivity contribution < 1.29 is 9.90 Å². The van der Waals surface area contributed by atoms with Gasteiger partial charge >= 0.3 is 0 Å². The SMILES string of the molecule is CC.CC(=O)c1cc(C)cc(N)c1O.CCC(C)C. The van der Waals surface area contributed by atoms with E-state index in [0.29, 0.717) is 0 Å². The Kier molecular flexibility index (Phi) is 10.9. The number of hydrogen-bond donors (Lipinski definition) is 2. The summed E-state index contributed by atoms with van der Waals surface area (Å²) >= 11 is 0. The first-order valence-electron chi connectivity index (χ1n) is 6.89. The number of aryl methyl sites for hydroxylation is 1. The van der Waals surface area contributed by atoms with Crippen LogP contribution in [0.5, 0.6) is 5.75 Å². The van der Waals surface area contributed by atoms with Crippen LogP contribution in [-0.4, -0.2) is 10.9 Å². The molecule has 3 heteroatoms. The van der Waals surface area contributed by atoms with Gasteiger partial charge in [0.1, 0.15) is 5.75 Å². The Morgan fingerprint density at radius 3 is 2.05 bits per heavy atom. The van der Waals surface area contributed by atoms with Gasteiger partial charge in [0.2, 0.25) is 0 Å². The standard InChI is InChI=1S/C9H11NO2.C5H12.C2H6/c1-5-3-7(6(2)11)9(12)8(10)4-5;1-4-5(2)3;1-2/h3-4,12H,10H2,1-2H3;5H,4H2,1-3H3;1-2H3. The molecule has 110 valence electrons. The Morgan fingerprint density at radius 2 is 1.74 bits per heavy atom. The highest BCUT2D eigenvalue weighted by atomic mass is 16.3. The number of Topliss-reactive ketones (excluding diaryl/α,β-unsaturated/α-hetero) is 1. The molecule has 0 saturated carbocycles. The molecular weight excluding hydrogens is 238 g/mol. The second-order valence-electron chi connectivity index (χ2n) is 4.61. The Bertz CT molecular complexity index is 385. The lowest BCUT2D eigenvalue weighted by atomic mass is 10.1. The monoisotopic (exact) mass is 267 g/mol. The van der Waals surface area contributed by atoms with Gasteiger partial charge in [0, 0.05) is 0 Å². The molecule has 1 aromatic rings. The van der Waals surface area contributed by atoms with E-state index in [1.807, 2.05) is 20.8 Å². The summed E-state index contributed by atoms with van der Waals surface area (Å²) in [5.41, 5.74) is 6.86. The van der Waals surface area contributed by atoms with Crippen molar-refractivity contribution in [2.75, 3.05) is 5.73 Å². The minimum atomic E-state index is -0.178. The number of carbonyl (C=O) groups excluding carboxylic acids is 1. The zero-order chi connectivity index (χ0) is 15.6. The largest absolute Gasteiger partial charge is 0.505 e. The predicted molar refractivity (Wildman–Crippen MR) is 83.7 cm³/mol. The molecule has 0 radical (unpaired) electrons. The average Bonchev–Trinajstić information content (AvgIpc) is 2.36. The smallest absolute Gasteiger partial charge is 0.163 e. The van der Waals surface area contributed by atoms with E-state index >= 15 is 0 Å². The third-order valence-electron chi connectivity index (χ3n) is 2.48. The Hall–Kier alpha value is -1.51. The number of nitrogens with two attached hydrogens (primary N) is 1. The normalized spacial score (nSPS) is 9.05. The molecule has 0 atom stereocenters. The molecule has 1 aromatic carbocycles. The van der Waals surface area contributed by atoms with Gasteiger partial charge in [-0.1, -0.05) is 41.0 Å². The molecule has 0 fully saturated rings. The lowest BCUT2D eigenvalue weighted by Crippen LogP contribution is -1.97. The fourth-order valence-electron chi connectivity index (χ4n) is 1.08. The fourth-order valence-corrected chi connectivity index (χ4v) is 1.08. The second kappa shape index (κ2) is 10.4. The van der Waals surface area contributed by atoms with Gasteiger partial charge < -0.3 is 10.8 Å². The number of rotatable bonds is 2. The first-order valence-corrected chi connectivity index (χ1v) is 6.89. The molecule has 0 aliphatic heterocycles. The number of nitrogen functional groups attached to an aromatic ring is 1. The summed E-state index contributed by atoms with van der Waals surface area (Å²) in [4.78, 5) is 11.0. The fraction of sp³-hybridized carbons (Fsp3) is 0.562. The van der Waals surface area contributed by atoms with Crippen LogP contribution in [0.4, 0.5) is 5.69 Å². The van der Waals surface area contributed by atoms with Crippen LogP contribution in [-0.2, 0) is 0 Å². The van der Waals surface area contributed by atoms with Crippen molar-refractivity contribution in [2.24, 2.45) is 5.92 Å². The zero-order valence-corrected chi connectivity index (χ0v) is 13.4. The summed E-state index contributed by atoms with van der Waals surface area (Å²) in [6.45, 7) is 13.9. The molecule has 0 aromatic heterocycles. The molecule has 1 rings (SSSR count). The molecule has 3 nitrogen and oxygen atoms in total. The third kappa shape index (κ3) is 8.25. The van der Waals surface area contributed by atoms with E-state index in [2.05, 4.69) is 20.8 Å². The molecule has 3 N–H and O–H groups in total. The van der Waals surface area contributed by atoms with Gasteiger partial charge in [0.25, 0.3) is 0 Å². The number of ketones is 1. The van der Waals surface area contributed by atoms with Crippen molar-refractivity contribution >= 4 is 11.5 Å². The van der Waals surface area contributed by atoms with Crippen LogP contribution < -0.4 is 5.73 Å². The molecule has 0 heterocycles. The maximum absolute atomic E-state index is 11.0. The number of benzene rings is 1. The summed E-state index contributed by atoms with van der Waals surface area (Å²) < 4.78 is 0. The summed E-state index contributed by atoms with van der Waals surface area (Å²) in [7, 11) is 0. The maximum atomic E-state index is 11.0. The van der Waals surface area contributed by atoms with Gasteiger partial charge in [0.05, 0.1) is 11.3 Å². The van der Waals surface area contributed by atoms with Crippen molar-refractivity contribution in [3.63, 3.8) is 0 Å². The highest BCUT2D eigenvalue weighted by molar-refractivity contribution is 5.98. The highest BCUT2D eigenvalue weighted by Crippen LogP contribution is 2.26. The molecule has 0 spiro atoms. The van der Waals surface area contributed by atoms with Crippen LogP contribution in [0, 0.1) is 12.8 Å². The summed E-state index contributed by atoms with van der Waals surface area (Å²) in [6.07, 6.45) is 1.31. The van der Waals surface area contributed by atoms with E-state index in [1.54, 1.807) is 12.1 Å². The number of anilines is 1. The molecule has 0 saturated heterocycles. The van der Waals surface area contributed by atoms with Crippen molar-refractivity contribution in [3.05, 3.63) is 23.3 Å². The lowest BCUT2D eigenvalue weighted by molar-refractivity contribution is 0.101. The summed E-state index contributed by atoms with van der Waals surface area (Å²) in [5, 5.41) is 9.35. The Labute approximate surface area is 117 Å². The van der Waals surface area contributed by atoms with E-state index in [1.165, 1.54) is 13.3 Å². The molecule has 0 aliphatic rings. The second-order valence-corrected chi connectivity index (χ2v) is 4.61. The number of phenols is 1. The van der Waals surface area contributed by atoms with Gasteiger partial charge in [0.15, 0.2) is 5.78 Å². The van der Waals surface area contributed by atoms with Gasteiger partial charge in [-0.05, 0) is 37.5 Å². The van der Waals surface area contributed by atoms with E-state index in [0.717, 1.165) is 11.5 Å². The van der Waals surface area contributed by atoms with Crippen LogP contribution in [0.25, 0.3) is 0 Å². The Morgan fingerprint density at radius 1 is 1.32 bits per heavy atom. The molecule has 19 heavy (non-hydrogen) atoms. The predicted octanol–water partition coefficient (Wildman–Crippen LogP) is 4.56. The van der Waals surface area contributed by atoms with Crippen molar-refractivity contribution in [1.29, 1.82) is 0 Å². The number of carbonyl (C=O) groups is 1. The van der Waals surface area contributed by atoms with Crippen LogP contribution in [0.2, 0.25) is 0 Å². The first kappa shape index (κ1) is 19.8. The van der Waals surface area contributed by atoms with Gasteiger partial charge in [-0.3, -0.25) is 4.79 Å². The molecule has 0 unspecified atom stereocenters. The highest BCUT2D eigenvalue weighted by Gasteiger charge is 2.09. The topological polar surface area (TPSA) is 63.3 Å². The minimum absolute atomic E-state index is 0.117. The van der Waals surface area contributed by atoms with E-state index < -0.39 is 0 Å². The molecule has 0 aliphatic carbocycles. The van der Waals surface area contributed by atoms with Crippen LogP contribution in [0.3, 0.4) is 0 Å². The van der Waals surface area contributed by atoms with Gasteiger partial charge in [-0.2, -0.15) is 0 Å². The van der Waals surface area contributed by atoms with Crippen LogP contribution in [0.1, 0.15) is 63.9 Å². The van der Waals surface area contributed by atoms with Crippen molar-refractivity contribution in [1.82, 2.24) is 0 Å². The van der Waals surface area contributed by atoms with E-state index in [9.17, 15) is 9.90 Å². The molecule has 0 bridgehead atoms. The van der Waals surface area contributed by atoms with E-state index in [4.69, 9.17) is 5.73 Å². The minimum Gasteiger partial charge on any atom is -0.505 e. The maximum Gasteiger partial charge on any atom is 0.163 e. The number of phenolic OH excluding ortho intramolecular Hbond substituents is 1. The van der Waals surface area contributed by atoms with Crippen LogP contribution >= 0.6 is 0 Å². The summed E-state index contributed by atoms with van der Waals surface area (Å²) in [6, 6.07) is 3.25. The quantitative estimate of drug-likeness (QED) is 0.469. The molecular formula is C16H29NO2.